The van der Waals surface area contributed by atoms with Gasteiger partial charge in [-0.25, -0.2) is 9.97 Å². The smallest absolute Gasteiger partial charge is 0.233 e. The molecule has 3 heterocycles. The second-order valence-corrected chi connectivity index (χ2v) is 7.49. The van der Waals surface area contributed by atoms with Crippen molar-refractivity contribution in [1.82, 2.24) is 14.9 Å². The van der Waals surface area contributed by atoms with Gasteiger partial charge in [-0.3, -0.25) is 4.79 Å². The summed E-state index contributed by atoms with van der Waals surface area (Å²) in [6, 6.07) is 0.131. The Bertz CT molecular complexity index is 685. The highest BCUT2D eigenvalue weighted by Crippen LogP contribution is 2.34. The van der Waals surface area contributed by atoms with Crippen LogP contribution >= 0.6 is 23.1 Å². The van der Waals surface area contributed by atoms with E-state index in [2.05, 4.69) is 23.8 Å². The predicted octanol–water partition coefficient (Wildman–Crippen LogP) is 1.96. The molecule has 1 amide bonds. The van der Waals surface area contributed by atoms with Crippen LogP contribution in [0.15, 0.2) is 11.4 Å². The summed E-state index contributed by atoms with van der Waals surface area (Å²) in [5, 5.41) is 2.00. The van der Waals surface area contributed by atoms with Crippen LogP contribution in [0.1, 0.15) is 16.9 Å². The summed E-state index contributed by atoms with van der Waals surface area (Å²) in [5.41, 5.74) is 7.06. The van der Waals surface area contributed by atoms with Crippen molar-refractivity contribution in [2.75, 3.05) is 18.8 Å². The van der Waals surface area contributed by atoms with E-state index >= 15 is 0 Å². The number of hydrogen-bond acceptors (Lipinski definition) is 6. The van der Waals surface area contributed by atoms with Gasteiger partial charge in [0, 0.05) is 29.4 Å². The van der Waals surface area contributed by atoms with Crippen molar-refractivity contribution < 1.29 is 4.79 Å². The maximum Gasteiger partial charge on any atom is 0.233 e. The fraction of sp³-hybridized carbons (Fsp3) is 0.500. The van der Waals surface area contributed by atoms with Crippen molar-refractivity contribution in [3.05, 3.63) is 16.8 Å². The molecule has 1 aliphatic rings. The van der Waals surface area contributed by atoms with Crippen LogP contribution in [0, 0.1) is 13.8 Å². The molecule has 5 nitrogen and oxygen atoms in total. The van der Waals surface area contributed by atoms with E-state index in [1.807, 2.05) is 4.90 Å². The Morgan fingerprint density at radius 1 is 1.52 bits per heavy atom. The van der Waals surface area contributed by atoms with Crippen molar-refractivity contribution in [3.63, 3.8) is 0 Å². The SMILES string of the molecule is Cc1sc2ncnc(SCC(=O)N3CC[C@@H](N)C3)c2c1C. The predicted molar refractivity (Wildman–Crippen MR) is 86.8 cm³/mol. The Hall–Kier alpha value is -1.18. The van der Waals surface area contributed by atoms with Gasteiger partial charge in [0.15, 0.2) is 0 Å². The molecule has 0 bridgehead atoms. The van der Waals surface area contributed by atoms with Gasteiger partial charge < -0.3 is 10.6 Å². The summed E-state index contributed by atoms with van der Waals surface area (Å²) in [7, 11) is 0. The lowest BCUT2D eigenvalue weighted by Crippen LogP contribution is -2.33. The number of rotatable bonds is 3. The summed E-state index contributed by atoms with van der Waals surface area (Å²) in [5.74, 6) is 0.553. The zero-order valence-electron chi connectivity index (χ0n) is 12.1. The number of thiophene rings is 1. The van der Waals surface area contributed by atoms with Gasteiger partial charge in [0.25, 0.3) is 0 Å². The fourth-order valence-electron chi connectivity index (χ4n) is 2.49. The lowest BCUT2D eigenvalue weighted by molar-refractivity contribution is -0.127. The minimum Gasteiger partial charge on any atom is -0.340 e. The third-order valence-electron chi connectivity index (χ3n) is 3.84. The molecule has 1 aliphatic heterocycles. The van der Waals surface area contributed by atoms with E-state index in [0.717, 1.165) is 28.2 Å². The van der Waals surface area contributed by atoms with Crippen molar-refractivity contribution >= 4 is 39.2 Å². The van der Waals surface area contributed by atoms with Gasteiger partial charge in [-0.2, -0.15) is 0 Å². The molecule has 2 aromatic heterocycles. The van der Waals surface area contributed by atoms with Crippen LogP contribution < -0.4 is 5.73 Å². The summed E-state index contributed by atoms with van der Waals surface area (Å²) in [6.07, 6.45) is 2.48. The number of carbonyl (C=O) groups excluding carboxylic acids is 1. The first-order valence-corrected chi connectivity index (χ1v) is 8.73. The Labute approximate surface area is 131 Å². The van der Waals surface area contributed by atoms with E-state index in [1.54, 1.807) is 17.7 Å². The standard InChI is InChI=1S/C14H18N4OS2/c1-8-9(2)21-14-12(8)13(16-7-17-14)20-6-11(19)18-4-3-10(15)5-18/h7,10H,3-6,15H2,1-2H3/t10-/m1/s1. The van der Waals surface area contributed by atoms with Crippen LogP contribution in [0.4, 0.5) is 0 Å². The highest BCUT2D eigenvalue weighted by Gasteiger charge is 2.24. The molecule has 0 spiro atoms. The van der Waals surface area contributed by atoms with Crippen molar-refractivity contribution in [2.45, 2.75) is 31.3 Å². The van der Waals surface area contributed by atoms with Gasteiger partial charge in [0.2, 0.25) is 5.91 Å². The van der Waals surface area contributed by atoms with Gasteiger partial charge >= 0.3 is 0 Å². The third kappa shape index (κ3) is 2.90. The van der Waals surface area contributed by atoms with Crippen LogP contribution in [0.3, 0.4) is 0 Å². The number of aryl methyl sites for hydroxylation is 2. The summed E-state index contributed by atoms with van der Waals surface area (Å²) in [4.78, 5) is 25.0. The quantitative estimate of drug-likeness (QED) is 0.691. The largest absolute Gasteiger partial charge is 0.340 e. The van der Waals surface area contributed by atoms with Crippen LogP contribution in [0.2, 0.25) is 0 Å². The van der Waals surface area contributed by atoms with E-state index in [-0.39, 0.29) is 11.9 Å². The molecule has 3 rings (SSSR count). The van der Waals surface area contributed by atoms with Gasteiger partial charge in [0.1, 0.15) is 16.2 Å². The van der Waals surface area contributed by atoms with Crippen molar-refractivity contribution in [3.8, 4) is 0 Å². The summed E-state index contributed by atoms with van der Waals surface area (Å²) >= 11 is 3.17. The number of thioether (sulfide) groups is 1. The van der Waals surface area contributed by atoms with E-state index in [0.29, 0.717) is 12.3 Å². The average molecular weight is 322 g/mol. The van der Waals surface area contributed by atoms with E-state index in [9.17, 15) is 4.79 Å². The molecular formula is C14H18N4OS2. The van der Waals surface area contributed by atoms with Crippen LogP contribution in [0.5, 0.6) is 0 Å². The van der Waals surface area contributed by atoms with Crippen molar-refractivity contribution in [1.29, 1.82) is 0 Å². The Morgan fingerprint density at radius 2 is 2.33 bits per heavy atom. The molecule has 21 heavy (non-hydrogen) atoms. The Kier molecular flexibility index (Phi) is 4.14. The van der Waals surface area contributed by atoms with E-state index in [1.165, 1.54) is 22.2 Å². The molecule has 2 aromatic rings. The fourth-order valence-corrected chi connectivity index (χ4v) is 4.51. The molecule has 0 aliphatic carbocycles. The first-order valence-electron chi connectivity index (χ1n) is 6.93. The zero-order chi connectivity index (χ0) is 15.0. The van der Waals surface area contributed by atoms with Crippen molar-refractivity contribution in [2.24, 2.45) is 5.73 Å². The number of amides is 1. The molecule has 0 radical (unpaired) electrons. The Morgan fingerprint density at radius 3 is 3.05 bits per heavy atom. The normalized spacial score (nSPS) is 18.6. The number of aromatic nitrogens is 2. The van der Waals surface area contributed by atoms with Gasteiger partial charge in [-0.1, -0.05) is 11.8 Å². The van der Waals surface area contributed by atoms with Crippen LogP contribution in [0.25, 0.3) is 10.2 Å². The molecule has 7 heteroatoms. The number of hydrogen-bond donors (Lipinski definition) is 1. The van der Waals surface area contributed by atoms with Crippen LogP contribution in [-0.2, 0) is 4.79 Å². The zero-order valence-corrected chi connectivity index (χ0v) is 13.8. The maximum absolute atomic E-state index is 12.2. The van der Waals surface area contributed by atoms with Gasteiger partial charge in [0.05, 0.1) is 5.75 Å². The number of nitrogens with two attached hydrogens (primary N) is 1. The minimum absolute atomic E-state index is 0.131. The van der Waals surface area contributed by atoms with Gasteiger partial charge in [-0.05, 0) is 25.8 Å². The molecule has 2 N–H and O–H groups in total. The van der Waals surface area contributed by atoms with E-state index < -0.39 is 0 Å². The minimum atomic E-state index is 0.131. The summed E-state index contributed by atoms with van der Waals surface area (Å²) < 4.78 is 0. The first kappa shape index (κ1) is 14.7. The molecule has 112 valence electrons. The Balaban J connectivity index is 1.75. The third-order valence-corrected chi connectivity index (χ3v) is 5.93. The maximum atomic E-state index is 12.2. The lowest BCUT2D eigenvalue weighted by Gasteiger charge is -2.15. The lowest BCUT2D eigenvalue weighted by atomic mass is 10.2. The molecule has 1 fully saturated rings. The highest BCUT2D eigenvalue weighted by molar-refractivity contribution is 8.00. The second-order valence-electron chi connectivity index (χ2n) is 5.32. The second kappa shape index (κ2) is 5.90. The highest BCUT2D eigenvalue weighted by atomic mass is 32.2. The number of likely N-dealkylation sites (tertiary alicyclic amines) is 1. The molecular weight excluding hydrogens is 304 g/mol. The average Bonchev–Trinajstić information content (AvgIpc) is 3.01. The van der Waals surface area contributed by atoms with Gasteiger partial charge in [-0.15, -0.1) is 11.3 Å². The number of carbonyl (C=O) groups is 1. The molecule has 0 aromatic carbocycles. The first-order chi connectivity index (χ1) is 10.1. The molecule has 1 saturated heterocycles. The molecule has 0 unspecified atom stereocenters. The number of fused-ring (bicyclic) bond motifs is 1. The molecule has 1 atom stereocenters. The van der Waals surface area contributed by atoms with E-state index in [4.69, 9.17) is 5.73 Å². The monoisotopic (exact) mass is 322 g/mol. The number of nitrogens with zero attached hydrogens (tertiary/aromatic N) is 3. The molecule has 0 saturated carbocycles. The van der Waals surface area contributed by atoms with Crippen LogP contribution in [-0.4, -0.2) is 45.7 Å². The summed E-state index contributed by atoms with van der Waals surface area (Å²) in [6.45, 7) is 5.63. The topological polar surface area (TPSA) is 72.1 Å².